The first-order valence-corrected chi connectivity index (χ1v) is 4.85. The highest BCUT2D eigenvalue weighted by molar-refractivity contribution is 7.85. The summed E-state index contributed by atoms with van der Waals surface area (Å²) in [4.78, 5) is 0. The van der Waals surface area contributed by atoms with E-state index >= 15 is 0 Å². The van der Waals surface area contributed by atoms with E-state index in [1.165, 1.54) is 0 Å². The molecule has 0 aromatic rings. The quantitative estimate of drug-likeness (QED) is 0.524. The third-order valence-corrected chi connectivity index (χ3v) is 1.78. The maximum Gasteiger partial charge on any atom is 0.108 e. The van der Waals surface area contributed by atoms with Gasteiger partial charge in [0.15, 0.2) is 0 Å². The third-order valence-electron chi connectivity index (χ3n) is 1.26. The molecule has 0 saturated heterocycles. The van der Waals surface area contributed by atoms with Crippen molar-refractivity contribution in [1.82, 2.24) is 5.32 Å². The number of aliphatic hydroxyl groups excluding tert-OH is 1. The molecule has 68 valence electrons. The van der Waals surface area contributed by atoms with Crippen LogP contribution in [0.5, 0.6) is 0 Å². The van der Waals surface area contributed by atoms with Crippen molar-refractivity contribution in [2.45, 2.75) is 19.4 Å². The van der Waals surface area contributed by atoms with Crippen molar-refractivity contribution in [3.05, 3.63) is 0 Å². The summed E-state index contributed by atoms with van der Waals surface area (Å²) in [5.41, 5.74) is 0. The van der Waals surface area contributed by atoms with Crippen LogP contribution in [0.1, 0.15) is 13.3 Å². The van der Waals surface area contributed by atoms with Crippen molar-refractivity contribution in [3.63, 3.8) is 0 Å². The number of hydrogen-bond acceptors (Lipinski definition) is 5. The molecular formula is C5H12NO4S-. The van der Waals surface area contributed by atoms with Crippen molar-refractivity contribution in [2.24, 2.45) is 0 Å². The van der Waals surface area contributed by atoms with Gasteiger partial charge < -0.3 is 9.66 Å². The molecule has 11 heavy (non-hydrogen) atoms. The van der Waals surface area contributed by atoms with Crippen LogP contribution in [0.2, 0.25) is 0 Å². The van der Waals surface area contributed by atoms with Gasteiger partial charge in [0.1, 0.15) is 10.1 Å². The molecule has 5 nitrogen and oxygen atoms in total. The summed E-state index contributed by atoms with van der Waals surface area (Å²) >= 11 is 0. The normalized spacial score (nSPS) is 14.8. The average molecular weight is 182 g/mol. The number of aliphatic hydroxyl groups is 1. The average Bonchev–Trinajstić information content (AvgIpc) is 1.88. The fraction of sp³-hybridized carbons (Fsp3) is 1.00. The summed E-state index contributed by atoms with van der Waals surface area (Å²) in [6.45, 7) is 1.62. The molecular weight excluding hydrogens is 170 g/mol. The largest absolute Gasteiger partial charge is 0.747 e. The van der Waals surface area contributed by atoms with E-state index in [0.717, 1.165) is 0 Å². The minimum Gasteiger partial charge on any atom is -0.747 e. The van der Waals surface area contributed by atoms with Crippen LogP contribution in [0.4, 0.5) is 0 Å². The Bertz CT molecular complexity index is 185. The molecule has 0 aliphatic rings. The lowest BCUT2D eigenvalue weighted by Crippen LogP contribution is -2.35. The molecule has 0 aliphatic heterocycles. The molecule has 0 saturated carbocycles. The van der Waals surface area contributed by atoms with Crippen LogP contribution in [0.15, 0.2) is 0 Å². The van der Waals surface area contributed by atoms with Crippen molar-refractivity contribution in [3.8, 4) is 0 Å². The Kier molecular flexibility index (Phi) is 4.58. The molecule has 0 bridgehead atoms. The predicted molar refractivity (Wildman–Crippen MR) is 38.9 cm³/mol. The minimum absolute atomic E-state index is 0.161. The Morgan fingerprint density at radius 3 is 2.45 bits per heavy atom. The predicted octanol–water partition coefficient (Wildman–Crippen LogP) is -1.15. The zero-order valence-electron chi connectivity index (χ0n) is 6.28. The van der Waals surface area contributed by atoms with E-state index in [1.54, 1.807) is 6.92 Å². The topological polar surface area (TPSA) is 89.5 Å². The summed E-state index contributed by atoms with van der Waals surface area (Å²) in [6.07, 6.45) is 0.589. The monoisotopic (exact) mass is 182 g/mol. The van der Waals surface area contributed by atoms with Gasteiger partial charge in [-0.1, -0.05) is 6.92 Å². The highest BCUT2D eigenvalue weighted by Gasteiger charge is 2.03. The van der Waals surface area contributed by atoms with Crippen molar-refractivity contribution >= 4 is 10.1 Å². The first kappa shape index (κ1) is 10.8. The van der Waals surface area contributed by atoms with Gasteiger partial charge in [-0.25, -0.2) is 8.42 Å². The van der Waals surface area contributed by atoms with Gasteiger partial charge in [-0.3, -0.25) is 5.32 Å². The van der Waals surface area contributed by atoms with E-state index in [1.807, 2.05) is 0 Å². The lowest BCUT2D eigenvalue weighted by atomic mass is 10.2. The smallest absolute Gasteiger partial charge is 0.108 e. The Morgan fingerprint density at radius 2 is 2.18 bits per heavy atom. The summed E-state index contributed by atoms with van der Waals surface area (Å²) in [5, 5.41) is 11.0. The maximum atomic E-state index is 10.1. The van der Waals surface area contributed by atoms with Crippen molar-refractivity contribution in [2.75, 3.05) is 12.5 Å². The van der Waals surface area contributed by atoms with Crippen LogP contribution in [0, 0.1) is 0 Å². The standard InChI is InChI=1S/C5H13NO4S/c1-2-5(3-7)6-4-11(8,9)10/h5-7H,2-4H2,1H3,(H,8,9,10)/p-1. The van der Waals surface area contributed by atoms with Crippen LogP contribution in [0.25, 0.3) is 0 Å². The maximum absolute atomic E-state index is 10.1. The van der Waals surface area contributed by atoms with Crippen LogP contribution in [-0.2, 0) is 10.1 Å². The second-order valence-corrected chi connectivity index (χ2v) is 3.60. The zero-order chi connectivity index (χ0) is 8.91. The summed E-state index contributed by atoms with van der Waals surface area (Å²) in [6, 6.07) is -0.307. The fourth-order valence-electron chi connectivity index (χ4n) is 0.558. The zero-order valence-corrected chi connectivity index (χ0v) is 7.10. The first-order valence-electron chi connectivity index (χ1n) is 3.27. The lowest BCUT2D eigenvalue weighted by Gasteiger charge is -2.15. The summed E-state index contributed by atoms with van der Waals surface area (Å²) < 4.78 is 30.2. The van der Waals surface area contributed by atoms with Gasteiger partial charge in [0, 0.05) is 6.04 Å². The van der Waals surface area contributed by atoms with Crippen molar-refractivity contribution < 1.29 is 18.1 Å². The highest BCUT2D eigenvalue weighted by Crippen LogP contribution is 1.89. The first-order chi connectivity index (χ1) is 4.99. The van der Waals surface area contributed by atoms with E-state index in [9.17, 15) is 13.0 Å². The highest BCUT2D eigenvalue weighted by atomic mass is 32.2. The Morgan fingerprint density at radius 1 is 1.64 bits per heavy atom. The van der Waals surface area contributed by atoms with Crippen LogP contribution < -0.4 is 5.32 Å². The molecule has 1 unspecified atom stereocenters. The van der Waals surface area contributed by atoms with Gasteiger partial charge in [0.2, 0.25) is 0 Å². The van der Waals surface area contributed by atoms with Crippen LogP contribution in [0.3, 0.4) is 0 Å². The molecule has 0 aromatic heterocycles. The molecule has 0 aromatic carbocycles. The Hall–Kier alpha value is -0.170. The molecule has 0 heterocycles. The number of rotatable bonds is 5. The van der Waals surface area contributed by atoms with Gasteiger partial charge >= 0.3 is 0 Å². The molecule has 0 amide bonds. The van der Waals surface area contributed by atoms with E-state index in [4.69, 9.17) is 5.11 Å². The molecule has 0 aliphatic carbocycles. The van der Waals surface area contributed by atoms with Gasteiger partial charge in [-0.15, -0.1) is 0 Å². The van der Waals surface area contributed by atoms with Gasteiger partial charge in [0.05, 0.1) is 12.5 Å². The van der Waals surface area contributed by atoms with Crippen LogP contribution >= 0.6 is 0 Å². The Balaban J connectivity index is 3.69. The molecule has 0 rings (SSSR count). The number of hydrogen-bond donors (Lipinski definition) is 2. The van der Waals surface area contributed by atoms with Gasteiger partial charge in [0.25, 0.3) is 0 Å². The van der Waals surface area contributed by atoms with Crippen LogP contribution in [-0.4, -0.2) is 36.6 Å². The second-order valence-electron chi connectivity index (χ2n) is 2.19. The van der Waals surface area contributed by atoms with E-state index in [0.29, 0.717) is 6.42 Å². The lowest BCUT2D eigenvalue weighted by molar-refractivity contribution is 0.243. The molecule has 0 fully saturated rings. The summed E-state index contributed by atoms with van der Waals surface area (Å²) in [7, 11) is -4.21. The van der Waals surface area contributed by atoms with E-state index in [-0.39, 0.29) is 12.6 Å². The van der Waals surface area contributed by atoms with Gasteiger partial charge in [-0.05, 0) is 6.42 Å². The second kappa shape index (κ2) is 4.66. The SMILES string of the molecule is CCC(CO)NCS(=O)(=O)[O-]. The molecule has 0 spiro atoms. The fourth-order valence-corrected chi connectivity index (χ4v) is 0.998. The minimum atomic E-state index is -4.21. The molecule has 0 radical (unpaired) electrons. The molecule has 2 N–H and O–H groups in total. The van der Waals surface area contributed by atoms with Gasteiger partial charge in [-0.2, -0.15) is 0 Å². The number of nitrogens with one attached hydrogen (secondary N) is 1. The summed E-state index contributed by atoms with van der Waals surface area (Å²) in [5.74, 6) is -0.619. The van der Waals surface area contributed by atoms with E-state index < -0.39 is 16.0 Å². The third kappa shape index (κ3) is 6.24. The van der Waals surface area contributed by atoms with Crippen molar-refractivity contribution in [1.29, 1.82) is 0 Å². The van der Waals surface area contributed by atoms with E-state index in [2.05, 4.69) is 5.32 Å². The molecule has 1 atom stereocenters. The molecule has 6 heteroatoms. The Labute approximate surface area is 66.2 Å².